The predicted octanol–water partition coefficient (Wildman–Crippen LogP) is 4.64. The summed E-state index contributed by atoms with van der Waals surface area (Å²) in [6.07, 6.45) is 0.709. The number of fused-ring (bicyclic) bond motifs is 2. The van der Waals surface area contributed by atoms with Crippen molar-refractivity contribution in [3.05, 3.63) is 59.4 Å². The standard InChI is InChI=1S/C21H19FO3/c1-21(2)10-15(23)20(16(24)11-21)19-13-5-3-4-6-17(13)25-18-8-7-12(22)9-14(18)19/h3-9,19-20H,10-11H2,1-2H3/t19-/m1/s1. The summed E-state index contributed by atoms with van der Waals surface area (Å²) in [6.45, 7) is 3.87. The molecule has 1 aliphatic carbocycles. The molecule has 25 heavy (non-hydrogen) atoms. The van der Waals surface area contributed by atoms with E-state index in [1.807, 2.05) is 38.1 Å². The molecule has 0 unspecified atom stereocenters. The Balaban J connectivity index is 1.88. The van der Waals surface area contributed by atoms with Gasteiger partial charge in [-0.2, -0.15) is 0 Å². The minimum atomic E-state index is -0.779. The molecule has 1 fully saturated rings. The summed E-state index contributed by atoms with van der Waals surface area (Å²) >= 11 is 0. The van der Waals surface area contributed by atoms with Gasteiger partial charge in [0.05, 0.1) is 5.92 Å². The first-order valence-electron chi connectivity index (χ1n) is 8.47. The average Bonchev–Trinajstić information content (AvgIpc) is 2.53. The number of para-hydroxylation sites is 1. The maximum absolute atomic E-state index is 13.9. The first-order chi connectivity index (χ1) is 11.9. The lowest BCUT2D eigenvalue weighted by Crippen LogP contribution is -2.41. The van der Waals surface area contributed by atoms with Crippen molar-refractivity contribution in [2.75, 3.05) is 0 Å². The van der Waals surface area contributed by atoms with E-state index in [2.05, 4.69) is 0 Å². The van der Waals surface area contributed by atoms with Crippen molar-refractivity contribution in [1.82, 2.24) is 0 Å². The van der Waals surface area contributed by atoms with E-state index in [1.54, 1.807) is 6.07 Å². The molecule has 0 bridgehead atoms. The molecule has 0 aromatic heterocycles. The highest BCUT2D eigenvalue weighted by Crippen LogP contribution is 2.50. The number of ketones is 2. The second kappa shape index (κ2) is 5.51. The highest BCUT2D eigenvalue weighted by atomic mass is 19.1. The minimum absolute atomic E-state index is 0.0711. The molecule has 0 N–H and O–H groups in total. The summed E-state index contributed by atoms with van der Waals surface area (Å²) in [5.74, 6) is -0.683. The van der Waals surface area contributed by atoms with Crippen LogP contribution in [0.5, 0.6) is 11.5 Å². The van der Waals surface area contributed by atoms with Gasteiger partial charge in [-0.15, -0.1) is 0 Å². The first kappa shape index (κ1) is 16.0. The Hall–Kier alpha value is -2.49. The second-order valence-corrected chi connectivity index (χ2v) is 7.73. The molecule has 2 aromatic carbocycles. The molecule has 0 radical (unpaired) electrons. The molecule has 4 heteroatoms. The largest absolute Gasteiger partial charge is 0.457 e. The van der Waals surface area contributed by atoms with E-state index >= 15 is 0 Å². The molecule has 1 heterocycles. The van der Waals surface area contributed by atoms with Gasteiger partial charge >= 0.3 is 0 Å². The zero-order valence-corrected chi connectivity index (χ0v) is 14.2. The van der Waals surface area contributed by atoms with Gasteiger partial charge in [-0.25, -0.2) is 4.39 Å². The fourth-order valence-electron chi connectivity index (χ4n) is 4.11. The maximum Gasteiger partial charge on any atom is 0.144 e. The molecule has 3 nitrogen and oxygen atoms in total. The SMILES string of the molecule is CC1(C)CC(=O)C([C@@H]2c3ccccc3Oc3ccc(F)cc32)C(=O)C1. The number of hydrogen-bond acceptors (Lipinski definition) is 3. The lowest BCUT2D eigenvalue weighted by molar-refractivity contribution is -0.140. The second-order valence-electron chi connectivity index (χ2n) is 7.73. The van der Waals surface area contributed by atoms with E-state index in [4.69, 9.17) is 4.74 Å². The van der Waals surface area contributed by atoms with E-state index in [1.165, 1.54) is 12.1 Å². The number of carbonyl (C=O) groups is 2. The third-order valence-electron chi connectivity index (χ3n) is 5.11. The smallest absolute Gasteiger partial charge is 0.144 e. The first-order valence-corrected chi connectivity index (χ1v) is 8.47. The molecule has 0 amide bonds. The molecule has 4 rings (SSSR count). The average molecular weight is 338 g/mol. The van der Waals surface area contributed by atoms with Crippen LogP contribution in [0.15, 0.2) is 42.5 Å². The van der Waals surface area contributed by atoms with Crippen LogP contribution in [0.3, 0.4) is 0 Å². The van der Waals surface area contributed by atoms with Gasteiger partial charge in [0, 0.05) is 29.9 Å². The van der Waals surface area contributed by atoms with Crippen LogP contribution in [0.25, 0.3) is 0 Å². The molecular formula is C21H19FO3. The van der Waals surface area contributed by atoms with Gasteiger partial charge in [-0.1, -0.05) is 32.0 Å². The van der Waals surface area contributed by atoms with Crippen LogP contribution in [0, 0.1) is 17.2 Å². The minimum Gasteiger partial charge on any atom is -0.457 e. The van der Waals surface area contributed by atoms with Crippen molar-refractivity contribution >= 4 is 11.6 Å². The van der Waals surface area contributed by atoms with Gasteiger partial charge < -0.3 is 4.74 Å². The Bertz CT molecular complexity index is 864. The molecular weight excluding hydrogens is 319 g/mol. The monoisotopic (exact) mass is 338 g/mol. The molecule has 2 aliphatic rings. The van der Waals surface area contributed by atoms with Crippen LogP contribution >= 0.6 is 0 Å². The van der Waals surface area contributed by atoms with E-state index in [-0.39, 0.29) is 17.0 Å². The molecule has 2 aromatic rings. The molecule has 0 spiro atoms. The van der Waals surface area contributed by atoms with Crippen LogP contribution in [-0.2, 0) is 9.59 Å². The van der Waals surface area contributed by atoms with Crippen LogP contribution in [-0.4, -0.2) is 11.6 Å². The Morgan fingerprint density at radius 2 is 1.56 bits per heavy atom. The number of carbonyl (C=O) groups excluding carboxylic acids is 2. The zero-order valence-electron chi connectivity index (χ0n) is 14.2. The molecule has 128 valence electrons. The third kappa shape index (κ3) is 2.66. The summed E-state index contributed by atoms with van der Waals surface area (Å²) in [5.41, 5.74) is 1.03. The van der Waals surface area contributed by atoms with Crippen molar-refractivity contribution < 1.29 is 18.7 Å². The highest BCUT2D eigenvalue weighted by molar-refractivity contribution is 6.06. The van der Waals surface area contributed by atoms with Gasteiger partial charge in [-0.05, 0) is 29.7 Å². The number of Topliss-reactive ketones (excluding diaryl/α,β-unsaturated/α-hetero) is 2. The summed E-state index contributed by atoms with van der Waals surface area (Å²) in [5, 5.41) is 0. The predicted molar refractivity (Wildman–Crippen MR) is 91.3 cm³/mol. The van der Waals surface area contributed by atoms with Crippen LogP contribution in [0.1, 0.15) is 43.7 Å². The van der Waals surface area contributed by atoms with E-state index < -0.39 is 17.7 Å². The van der Waals surface area contributed by atoms with Crippen LogP contribution in [0.2, 0.25) is 0 Å². The topological polar surface area (TPSA) is 43.4 Å². The Labute approximate surface area is 145 Å². The van der Waals surface area contributed by atoms with Gasteiger partial charge in [-0.3, -0.25) is 9.59 Å². The number of ether oxygens (including phenoxy) is 1. The van der Waals surface area contributed by atoms with Crippen molar-refractivity contribution in [1.29, 1.82) is 0 Å². The van der Waals surface area contributed by atoms with Crippen LogP contribution in [0.4, 0.5) is 4.39 Å². The Morgan fingerprint density at radius 1 is 0.920 bits per heavy atom. The summed E-state index contributed by atoms with van der Waals surface area (Å²) < 4.78 is 19.8. The van der Waals surface area contributed by atoms with Crippen molar-refractivity contribution in [2.24, 2.45) is 11.3 Å². The lowest BCUT2D eigenvalue weighted by atomic mass is 9.65. The quantitative estimate of drug-likeness (QED) is 0.712. The number of rotatable bonds is 1. The van der Waals surface area contributed by atoms with Crippen molar-refractivity contribution in [3.8, 4) is 11.5 Å². The highest BCUT2D eigenvalue weighted by Gasteiger charge is 2.46. The molecule has 1 atom stereocenters. The van der Waals surface area contributed by atoms with Gasteiger partial charge in [0.15, 0.2) is 0 Å². The van der Waals surface area contributed by atoms with E-state index in [0.29, 0.717) is 29.9 Å². The molecule has 1 aliphatic heterocycles. The number of hydrogen-bond donors (Lipinski definition) is 0. The number of halogens is 1. The molecule has 1 saturated carbocycles. The maximum atomic E-state index is 13.9. The number of benzene rings is 2. The van der Waals surface area contributed by atoms with Gasteiger partial charge in [0.1, 0.15) is 28.9 Å². The van der Waals surface area contributed by atoms with Crippen LogP contribution < -0.4 is 4.74 Å². The lowest BCUT2D eigenvalue weighted by Gasteiger charge is -2.38. The Morgan fingerprint density at radius 3 is 2.28 bits per heavy atom. The van der Waals surface area contributed by atoms with Crippen molar-refractivity contribution in [2.45, 2.75) is 32.6 Å². The van der Waals surface area contributed by atoms with E-state index in [0.717, 1.165) is 5.56 Å². The fraction of sp³-hybridized carbons (Fsp3) is 0.333. The normalized spacial score (nSPS) is 22.1. The summed E-state index contributed by atoms with van der Waals surface area (Å²) in [6, 6.07) is 11.6. The zero-order chi connectivity index (χ0) is 17.8. The van der Waals surface area contributed by atoms with Gasteiger partial charge in [0.25, 0.3) is 0 Å². The van der Waals surface area contributed by atoms with Crippen molar-refractivity contribution in [3.63, 3.8) is 0 Å². The summed E-state index contributed by atoms with van der Waals surface area (Å²) in [4.78, 5) is 25.7. The van der Waals surface area contributed by atoms with Gasteiger partial charge in [0.2, 0.25) is 0 Å². The third-order valence-corrected chi connectivity index (χ3v) is 5.11. The fourth-order valence-corrected chi connectivity index (χ4v) is 4.11. The summed E-state index contributed by atoms with van der Waals surface area (Å²) in [7, 11) is 0. The molecule has 0 saturated heterocycles. The Kier molecular flexibility index (Phi) is 3.53. The van der Waals surface area contributed by atoms with E-state index in [9.17, 15) is 14.0 Å².